The minimum Gasteiger partial charge on any atom is -0.362 e. The Morgan fingerprint density at radius 2 is 1.92 bits per heavy atom. The van der Waals surface area contributed by atoms with Gasteiger partial charge >= 0.3 is 12.5 Å². The highest BCUT2D eigenvalue weighted by Crippen LogP contribution is 2.44. The van der Waals surface area contributed by atoms with E-state index in [4.69, 9.17) is 0 Å². The van der Waals surface area contributed by atoms with E-state index in [1.165, 1.54) is 31.2 Å². The van der Waals surface area contributed by atoms with Gasteiger partial charge in [0, 0.05) is 16.6 Å². The summed E-state index contributed by atoms with van der Waals surface area (Å²) in [5.74, 6) is -1.22. The van der Waals surface area contributed by atoms with Gasteiger partial charge in [-0.15, -0.1) is 13.2 Å². The summed E-state index contributed by atoms with van der Waals surface area (Å²) >= 11 is 3.02. The van der Waals surface area contributed by atoms with Gasteiger partial charge in [0.05, 0.1) is 5.56 Å². The number of hydrogen-bond acceptors (Lipinski definition) is 4. The van der Waals surface area contributed by atoms with E-state index in [0.29, 0.717) is 0 Å². The first-order valence-corrected chi connectivity index (χ1v) is 7.17. The lowest BCUT2D eigenvalue weighted by Gasteiger charge is -2.36. The van der Waals surface area contributed by atoms with Crippen LogP contribution in [-0.2, 0) is 4.74 Å². The first-order chi connectivity index (χ1) is 10.9. The van der Waals surface area contributed by atoms with Gasteiger partial charge < -0.3 is 5.11 Å². The minimum atomic E-state index is -5.72. The molecule has 1 aliphatic rings. The number of carbonyl (C=O) groups excluding carboxylic acids is 1. The SMILES string of the molecule is CC1=NN(C(=O)c2ccccc2Br)[C@](O)(C(F)(F)OC(F)(F)F)C1. The first-order valence-electron chi connectivity index (χ1n) is 6.38. The summed E-state index contributed by atoms with van der Waals surface area (Å²) in [5, 5.41) is 13.5. The van der Waals surface area contributed by atoms with Gasteiger partial charge in [-0.25, -0.2) is 4.74 Å². The van der Waals surface area contributed by atoms with Crippen molar-refractivity contribution >= 4 is 27.5 Å². The molecule has 1 aromatic carbocycles. The lowest BCUT2D eigenvalue weighted by molar-refractivity contribution is -0.468. The van der Waals surface area contributed by atoms with E-state index >= 15 is 0 Å². The monoisotopic (exact) mass is 416 g/mol. The summed E-state index contributed by atoms with van der Waals surface area (Å²) in [6.07, 6.45) is -11.9. The van der Waals surface area contributed by atoms with Crippen molar-refractivity contribution in [1.29, 1.82) is 0 Å². The Bertz CT molecular complexity index is 694. The molecule has 1 N–H and O–H groups in total. The number of halogens is 6. The quantitative estimate of drug-likeness (QED) is 0.767. The Morgan fingerprint density at radius 1 is 1.33 bits per heavy atom. The molecule has 132 valence electrons. The highest BCUT2D eigenvalue weighted by molar-refractivity contribution is 9.10. The van der Waals surface area contributed by atoms with Crippen LogP contribution in [0, 0.1) is 0 Å². The van der Waals surface area contributed by atoms with Gasteiger partial charge in [0.25, 0.3) is 11.6 Å². The van der Waals surface area contributed by atoms with Crippen molar-refractivity contribution in [2.75, 3.05) is 0 Å². The third-order valence-electron chi connectivity index (χ3n) is 3.13. The van der Waals surface area contributed by atoms with E-state index in [9.17, 15) is 31.9 Å². The summed E-state index contributed by atoms with van der Waals surface area (Å²) in [6, 6.07) is 5.60. The summed E-state index contributed by atoms with van der Waals surface area (Å²) in [7, 11) is 0. The van der Waals surface area contributed by atoms with Crippen LogP contribution in [0.15, 0.2) is 33.8 Å². The van der Waals surface area contributed by atoms with Crippen LogP contribution in [0.4, 0.5) is 22.0 Å². The van der Waals surface area contributed by atoms with Gasteiger partial charge in [-0.1, -0.05) is 12.1 Å². The second-order valence-electron chi connectivity index (χ2n) is 4.99. The molecule has 2 rings (SSSR count). The molecule has 0 spiro atoms. The predicted molar refractivity (Wildman–Crippen MR) is 75.1 cm³/mol. The fourth-order valence-corrected chi connectivity index (χ4v) is 2.59. The largest absolute Gasteiger partial charge is 0.527 e. The number of aliphatic hydroxyl groups is 1. The Kier molecular flexibility index (Phi) is 4.72. The summed E-state index contributed by atoms with van der Waals surface area (Å²) < 4.78 is 67.5. The third kappa shape index (κ3) is 3.42. The van der Waals surface area contributed by atoms with Crippen molar-refractivity contribution in [3.05, 3.63) is 34.3 Å². The van der Waals surface area contributed by atoms with Crippen LogP contribution >= 0.6 is 15.9 Å². The lowest BCUT2D eigenvalue weighted by Crippen LogP contribution is -2.61. The zero-order valence-electron chi connectivity index (χ0n) is 11.9. The highest BCUT2D eigenvalue weighted by atomic mass is 79.9. The number of amides is 1. The second kappa shape index (κ2) is 6.05. The van der Waals surface area contributed by atoms with E-state index in [1.54, 1.807) is 0 Å². The molecule has 11 heteroatoms. The summed E-state index contributed by atoms with van der Waals surface area (Å²) in [6.45, 7) is 1.18. The highest BCUT2D eigenvalue weighted by Gasteiger charge is 2.66. The maximum atomic E-state index is 13.9. The maximum Gasteiger partial charge on any atom is 0.527 e. The van der Waals surface area contributed by atoms with Crippen LogP contribution in [0.2, 0.25) is 0 Å². The van der Waals surface area contributed by atoms with Crippen LogP contribution in [0.5, 0.6) is 0 Å². The van der Waals surface area contributed by atoms with Gasteiger partial charge in [-0.05, 0) is 35.0 Å². The topological polar surface area (TPSA) is 62.1 Å². The van der Waals surface area contributed by atoms with E-state index in [-0.39, 0.29) is 20.8 Å². The second-order valence-corrected chi connectivity index (χ2v) is 5.84. The van der Waals surface area contributed by atoms with Crippen molar-refractivity contribution < 1.29 is 36.6 Å². The number of hydrazone groups is 1. The molecule has 24 heavy (non-hydrogen) atoms. The zero-order valence-corrected chi connectivity index (χ0v) is 13.5. The lowest BCUT2D eigenvalue weighted by atomic mass is 10.1. The molecular formula is C13H10BrF5N2O3. The van der Waals surface area contributed by atoms with E-state index in [1.807, 2.05) is 0 Å². The number of hydrogen-bond donors (Lipinski definition) is 1. The van der Waals surface area contributed by atoms with Gasteiger partial charge in [-0.3, -0.25) is 4.79 Å². The standard InChI is InChI=1S/C13H10BrF5N2O3/c1-7-6-11(23,12(15,16)24-13(17,18)19)21(20-7)10(22)8-4-2-3-5-9(8)14/h2-5,23H,6H2,1H3/t11-/m1/s1. The predicted octanol–water partition coefficient (Wildman–Crippen LogP) is 3.49. The maximum absolute atomic E-state index is 13.9. The molecule has 1 amide bonds. The van der Waals surface area contributed by atoms with Crippen LogP contribution in [0.1, 0.15) is 23.7 Å². The van der Waals surface area contributed by atoms with Gasteiger partial charge in [0.2, 0.25) is 0 Å². The molecule has 1 aromatic rings. The molecule has 5 nitrogen and oxygen atoms in total. The fourth-order valence-electron chi connectivity index (χ4n) is 2.14. The molecule has 0 aromatic heterocycles. The van der Waals surface area contributed by atoms with Crippen LogP contribution in [0.3, 0.4) is 0 Å². The number of benzene rings is 1. The van der Waals surface area contributed by atoms with Crippen molar-refractivity contribution in [1.82, 2.24) is 5.01 Å². The van der Waals surface area contributed by atoms with Crippen molar-refractivity contribution in [2.45, 2.75) is 31.5 Å². The van der Waals surface area contributed by atoms with Gasteiger partial charge in [0.15, 0.2) is 0 Å². The normalized spacial score (nSPS) is 21.8. The summed E-state index contributed by atoms with van der Waals surface area (Å²) in [5.41, 5.74) is -3.94. The van der Waals surface area contributed by atoms with Gasteiger partial charge in [0.1, 0.15) is 0 Å². The van der Waals surface area contributed by atoms with Crippen LogP contribution < -0.4 is 0 Å². The molecule has 0 bridgehead atoms. The van der Waals surface area contributed by atoms with Crippen LogP contribution in [0.25, 0.3) is 0 Å². The number of ether oxygens (including phenoxy) is 1. The molecule has 1 atom stereocenters. The number of alkyl halides is 5. The van der Waals surface area contributed by atoms with Crippen molar-refractivity contribution in [2.24, 2.45) is 5.10 Å². The third-order valence-corrected chi connectivity index (χ3v) is 3.82. The van der Waals surface area contributed by atoms with E-state index < -0.39 is 30.5 Å². The van der Waals surface area contributed by atoms with E-state index in [0.717, 1.165) is 0 Å². The van der Waals surface area contributed by atoms with Crippen LogP contribution in [-0.4, -0.2) is 39.9 Å². The Morgan fingerprint density at radius 3 is 2.46 bits per heavy atom. The van der Waals surface area contributed by atoms with E-state index in [2.05, 4.69) is 25.8 Å². The Balaban J connectivity index is 2.44. The van der Waals surface area contributed by atoms with Gasteiger partial charge in [-0.2, -0.15) is 18.9 Å². The Labute approximate surface area is 140 Å². The molecule has 0 radical (unpaired) electrons. The molecule has 0 aliphatic carbocycles. The average molecular weight is 417 g/mol. The molecule has 0 saturated carbocycles. The first kappa shape index (κ1) is 18.7. The Hall–Kier alpha value is -1.59. The van der Waals surface area contributed by atoms with Crippen molar-refractivity contribution in [3.63, 3.8) is 0 Å². The molecular weight excluding hydrogens is 407 g/mol. The summed E-state index contributed by atoms with van der Waals surface area (Å²) in [4.78, 5) is 12.4. The number of nitrogens with zero attached hydrogens (tertiary/aromatic N) is 2. The molecule has 1 heterocycles. The molecule has 1 aliphatic heterocycles. The molecule has 0 fully saturated rings. The number of carbonyl (C=O) groups is 1. The molecule has 0 saturated heterocycles. The van der Waals surface area contributed by atoms with Crippen molar-refractivity contribution in [3.8, 4) is 0 Å². The number of rotatable bonds is 3. The smallest absolute Gasteiger partial charge is 0.362 e. The zero-order chi connectivity index (χ0) is 18.3. The minimum absolute atomic E-state index is 0.0891. The average Bonchev–Trinajstić information content (AvgIpc) is 2.73. The molecule has 0 unspecified atom stereocenters. The fraction of sp³-hybridized carbons (Fsp3) is 0.385.